The summed E-state index contributed by atoms with van der Waals surface area (Å²) in [5.41, 5.74) is 1.16. The van der Waals surface area contributed by atoms with Crippen LogP contribution in [0.4, 0.5) is 5.95 Å². The van der Waals surface area contributed by atoms with Gasteiger partial charge in [0.05, 0.1) is 16.9 Å². The molecule has 1 amide bonds. The van der Waals surface area contributed by atoms with Crippen LogP contribution in [0.2, 0.25) is 0 Å². The topological polar surface area (TPSA) is 87.1 Å². The summed E-state index contributed by atoms with van der Waals surface area (Å²) in [5.74, 6) is 2.54. The fraction of sp³-hybridized carbons (Fsp3) is 0.800. The molecule has 2 unspecified atom stereocenters. The van der Waals surface area contributed by atoms with E-state index in [0.29, 0.717) is 41.2 Å². The number of hydrogen-bond acceptors (Lipinski definition) is 5. The first-order valence-corrected chi connectivity index (χ1v) is 12.7. The monoisotopic (exact) mass is 424 g/mol. The first kappa shape index (κ1) is 20.0. The molecule has 3 N–H and O–H groups in total. The lowest BCUT2D eigenvalue weighted by molar-refractivity contribution is -0.136. The van der Waals surface area contributed by atoms with Crippen molar-refractivity contribution in [1.29, 1.82) is 0 Å². The summed E-state index contributed by atoms with van der Waals surface area (Å²) in [6.07, 6.45) is 16.3. The number of nitrogens with zero attached hydrogens (tertiary/aromatic N) is 2. The highest BCUT2D eigenvalue weighted by Gasteiger charge is 2.55. The van der Waals surface area contributed by atoms with E-state index < -0.39 is 5.60 Å². The molecule has 2 atom stereocenters. The van der Waals surface area contributed by atoms with Crippen molar-refractivity contribution in [3.8, 4) is 0 Å². The fourth-order valence-corrected chi connectivity index (χ4v) is 7.85. The number of nitrogens with one attached hydrogen (secondary N) is 2. The molecule has 0 aliphatic heterocycles. The van der Waals surface area contributed by atoms with Gasteiger partial charge in [-0.1, -0.05) is 25.7 Å². The van der Waals surface area contributed by atoms with Crippen LogP contribution in [0, 0.1) is 17.8 Å². The molecule has 0 radical (unpaired) electrons. The molecule has 6 aliphatic carbocycles. The Labute approximate surface area is 185 Å². The van der Waals surface area contributed by atoms with E-state index in [1.165, 1.54) is 38.5 Å². The molecule has 1 aromatic rings. The van der Waals surface area contributed by atoms with Gasteiger partial charge in [0, 0.05) is 24.2 Å². The summed E-state index contributed by atoms with van der Waals surface area (Å²) in [5, 5.41) is 17.8. The number of carbonyl (C=O) groups excluding carboxylic acids is 1. The summed E-state index contributed by atoms with van der Waals surface area (Å²) in [6, 6.07) is 0.659. The Kier molecular flexibility index (Phi) is 4.97. The maximum atomic E-state index is 13.5. The Balaban J connectivity index is 1.23. The first-order chi connectivity index (χ1) is 15.1. The van der Waals surface area contributed by atoms with E-state index in [1.807, 2.05) is 0 Å². The minimum atomic E-state index is -0.469. The summed E-state index contributed by atoms with van der Waals surface area (Å²) in [4.78, 5) is 23.0. The third-order valence-electron chi connectivity index (χ3n) is 9.03. The number of aromatic nitrogens is 2. The van der Waals surface area contributed by atoms with Gasteiger partial charge < -0.3 is 15.7 Å². The molecule has 6 aliphatic rings. The number of rotatable bonds is 5. The van der Waals surface area contributed by atoms with Crippen molar-refractivity contribution in [3.05, 3.63) is 17.5 Å². The van der Waals surface area contributed by atoms with Gasteiger partial charge in [-0.05, 0) is 75.5 Å². The van der Waals surface area contributed by atoms with Gasteiger partial charge in [-0.15, -0.1) is 0 Å². The van der Waals surface area contributed by atoms with Crippen molar-refractivity contribution in [1.82, 2.24) is 15.3 Å². The van der Waals surface area contributed by atoms with Gasteiger partial charge in [0.2, 0.25) is 5.95 Å². The minimum absolute atomic E-state index is 0.00113. The number of hydrogen-bond donors (Lipinski definition) is 3. The molecule has 0 aromatic carbocycles. The Bertz CT molecular complexity index is 830. The highest BCUT2D eigenvalue weighted by atomic mass is 16.3. The summed E-state index contributed by atoms with van der Waals surface area (Å²) < 4.78 is 0. The Hall–Kier alpha value is -1.69. The zero-order chi connectivity index (χ0) is 21.0. The van der Waals surface area contributed by atoms with E-state index in [-0.39, 0.29) is 11.9 Å². The third kappa shape index (κ3) is 3.75. The number of amides is 1. The van der Waals surface area contributed by atoms with E-state index in [0.717, 1.165) is 50.6 Å². The molecular weight excluding hydrogens is 388 g/mol. The van der Waals surface area contributed by atoms with Crippen molar-refractivity contribution in [2.45, 2.75) is 107 Å². The standard InChI is InChI=1S/C25H36N4O2/c30-23(28-21-17-9-15-10-18(21)13-25(31,11-15)12-17)20-14-26-24(27-19-7-3-4-8-19)29-22(20)16-5-1-2-6-16/h14-19,21,31H,1-13H2,(H,28,30)(H,26,27,29). The highest BCUT2D eigenvalue weighted by molar-refractivity contribution is 5.95. The molecule has 6 heteroatoms. The average molecular weight is 425 g/mol. The lowest BCUT2D eigenvalue weighted by atomic mass is 9.52. The molecule has 6 fully saturated rings. The van der Waals surface area contributed by atoms with E-state index in [2.05, 4.69) is 15.6 Å². The van der Waals surface area contributed by atoms with Crippen LogP contribution in [0.15, 0.2) is 6.20 Å². The van der Waals surface area contributed by atoms with Gasteiger partial charge >= 0.3 is 0 Å². The summed E-state index contributed by atoms with van der Waals surface area (Å²) in [7, 11) is 0. The zero-order valence-electron chi connectivity index (χ0n) is 18.5. The molecular formula is C25H36N4O2. The molecule has 31 heavy (non-hydrogen) atoms. The molecule has 1 aromatic heterocycles. The SMILES string of the molecule is O=C(NC1C2CC3CC1CC(O)(C3)C2)c1cnc(NC2CCCC2)nc1C1CCCC1. The second-order valence-corrected chi connectivity index (χ2v) is 11.3. The molecule has 1 heterocycles. The van der Waals surface area contributed by atoms with Crippen LogP contribution in [0.5, 0.6) is 0 Å². The van der Waals surface area contributed by atoms with Crippen molar-refractivity contribution in [2.75, 3.05) is 5.32 Å². The van der Waals surface area contributed by atoms with Crippen LogP contribution in [0.25, 0.3) is 0 Å². The van der Waals surface area contributed by atoms with Gasteiger partial charge in [-0.3, -0.25) is 4.79 Å². The van der Waals surface area contributed by atoms with E-state index in [4.69, 9.17) is 4.98 Å². The van der Waals surface area contributed by atoms with Gasteiger partial charge in [0.15, 0.2) is 0 Å². The second-order valence-electron chi connectivity index (χ2n) is 11.3. The van der Waals surface area contributed by atoms with E-state index in [9.17, 15) is 9.90 Å². The average Bonchev–Trinajstić information content (AvgIpc) is 3.43. The maximum absolute atomic E-state index is 13.5. The van der Waals surface area contributed by atoms with Crippen molar-refractivity contribution >= 4 is 11.9 Å². The number of carbonyl (C=O) groups is 1. The predicted octanol–water partition coefficient (Wildman–Crippen LogP) is 4.16. The number of anilines is 1. The lowest BCUT2D eigenvalue weighted by Crippen LogP contribution is -2.61. The maximum Gasteiger partial charge on any atom is 0.254 e. The predicted molar refractivity (Wildman–Crippen MR) is 119 cm³/mol. The van der Waals surface area contributed by atoms with Gasteiger partial charge in [0.25, 0.3) is 5.91 Å². The molecule has 6 nitrogen and oxygen atoms in total. The largest absolute Gasteiger partial charge is 0.390 e. The second kappa shape index (κ2) is 7.72. The Morgan fingerprint density at radius 2 is 1.68 bits per heavy atom. The van der Waals surface area contributed by atoms with Crippen molar-refractivity contribution in [2.24, 2.45) is 17.8 Å². The summed E-state index contributed by atoms with van der Waals surface area (Å²) in [6.45, 7) is 0. The minimum Gasteiger partial charge on any atom is -0.390 e. The van der Waals surface area contributed by atoms with Crippen molar-refractivity contribution in [3.63, 3.8) is 0 Å². The normalized spacial score (nSPS) is 37.5. The van der Waals surface area contributed by atoms with Crippen LogP contribution in [0.3, 0.4) is 0 Å². The fourth-order valence-electron chi connectivity index (χ4n) is 7.85. The highest BCUT2D eigenvalue weighted by Crippen LogP contribution is 2.55. The van der Waals surface area contributed by atoms with E-state index >= 15 is 0 Å². The van der Waals surface area contributed by atoms with Gasteiger partial charge in [0.1, 0.15) is 0 Å². The quantitative estimate of drug-likeness (QED) is 0.661. The molecule has 6 saturated carbocycles. The molecule has 7 rings (SSSR count). The van der Waals surface area contributed by atoms with Gasteiger partial charge in [-0.25, -0.2) is 9.97 Å². The van der Waals surface area contributed by atoms with Crippen LogP contribution in [-0.4, -0.2) is 38.7 Å². The Morgan fingerprint density at radius 3 is 2.35 bits per heavy atom. The van der Waals surface area contributed by atoms with E-state index in [1.54, 1.807) is 6.20 Å². The zero-order valence-corrected chi connectivity index (χ0v) is 18.5. The third-order valence-corrected chi connectivity index (χ3v) is 9.03. The smallest absolute Gasteiger partial charge is 0.254 e. The molecule has 0 spiro atoms. The van der Waals surface area contributed by atoms with Crippen LogP contribution in [-0.2, 0) is 0 Å². The molecule has 4 bridgehead atoms. The summed E-state index contributed by atoms with van der Waals surface area (Å²) >= 11 is 0. The van der Waals surface area contributed by atoms with Crippen molar-refractivity contribution < 1.29 is 9.90 Å². The number of aliphatic hydroxyl groups is 1. The molecule has 168 valence electrons. The van der Waals surface area contributed by atoms with Crippen LogP contribution in [0.1, 0.15) is 105 Å². The van der Waals surface area contributed by atoms with Crippen LogP contribution < -0.4 is 10.6 Å². The van der Waals surface area contributed by atoms with Crippen LogP contribution >= 0.6 is 0 Å². The van der Waals surface area contributed by atoms with Gasteiger partial charge in [-0.2, -0.15) is 0 Å². The molecule has 0 saturated heterocycles. The first-order valence-electron chi connectivity index (χ1n) is 12.7. The lowest BCUT2D eigenvalue weighted by Gasteiger charge is -2.58. The Morgan fingerprint density at radius 1 is 1.00 bits per heavy atom.